The average molecular weight is 340 g/mol. The number of carbonyl (C=O) groups is 2. The van der Waals surface area contributed by atoms with E-state index in [0.717, 1.165) is 0 Å². The molecule has 7 heteroatoms. The lowest BCUT2D eigenvalue weighted by Gasteiger charge is -2.08. The third kappa shape index (κ3) is 5.00. The molecule has 0 unspecified atom stereocenters. The van der Waals surface area contributed by atoms with Crippen molar-refractivity contribution in [2.24, 2.45) is 0 Å². The first-order chi connectivity index (χ1) is 12.0. The Balaban J connectivity index is 2.07. The Kier molecular flexibility index (Phi) is 6.00. The molecule has 0 aliphatic heterocycles. The highest BCUT2D eigenvalue weighted by atomic mass is 16.6. The van der Waals surface area contributed by atoms with Gasteiger partial charge < -0.3 is 10.1 Å². The number of ether oxygens (including phenoxy) is 1. The molecular weight excluding hydrogens is 324 g/mol. The predicted molar refractivity (Wildman–Crippen MR) is 93.2 cm³/mol. The number of hydrogen-bond acceptors (Lipinski definition) is 5. The van der Waals surface area contributed by atoms with Crippen LogP contribution in [0.1, 0.15) is 22.8 Å². The van der Waals surface area contributed by atoms with Crippen LogP contribution in [-0.4, -0.2) is 23.4 Å². The first kappa shape index (κ1) is 17.9. The smallest absolute Gasteiger partial charge is 0.340 e. The summed E-state index contributed by atoms with van der Waals surface area (Å²) in [6, 6.07) is 12.3. The summed E-state index contributed by atoms with van der Waals surface area (Å²) in [5.41, 5.74) is 1.23. The summed E-state index contributed by atoms with van der Waals surface area (Å²) in [7, 11) is 0. The molecule has 25 heavy (non-hydrogen) atoms. The van der Waals surface area contributed by atoms with Gasteiger partial charge >= 0.3 is 5.97 Å². The number of carbonyl (C=O) groups excluding carboxylic acids is 2. The van der Waals surface area contributed by atoms with Crippen LogP contribution in [0.3, 0.4) is 0 Å². The van der Waals surface area contributed by atoms with Gasteiger partial charge in [0, 0.05) is 18.2 Å². The maximum Gasteiger partial charge on any atom is 0.340 e. The van der Waals surface area contributed by atoms with Crippen molar-refractivity contribution in [1.82, 2.24) is 0 Å². The Morgan fingerprint density at radius 1 is 1.16 bits per heavy atom. The summed E-state index contributed by atoms with van der Waals surface area (Å²) >= 11 is 0. The van der Waals surface area contributed by atoms with E-state index in [9.17, 15) is 19.7 Å². The molecule has 0 aromatic heterocycles. The molecule has 0 saturated heterocycles. The van der Waals surface area contributed by atoms with Crippen LogP contribution in [0.4, 0.5) is 11.4 Å². The number of hydrogen-bond donors (Lipinski definition) is 1. The summed E-state index contributed by atoms with van der Waals surface area (Å²) < 4.78 is 4.95. The van der Waals surface area contributed by atoms with Gasteiger partial charge in [-0.3, -0.25) is 14.9 Å². The molecule has 0 radical (unpaired) electrons. The standard InChI is InChI=1S/C18H16N2O5/c1-2-25-18(22)15-5-3-4-6-16(15)19-17(21)12-9-13-7-10-14(11-8-13)20(23)24/h3-12H,2H2,1H3,(H,19,21). The van der Waals surface area contributed by atoms with Crippen molar-refractivity contribution in [2.45, 2.75) is 6.92 Å². The lowest BCUT2D eigenvalue weighted by atomic mass is 10.1. The van der Waals surface area contributed by atoms with E-state index >= 15 is 0 Å². The molecular formula is C18H16N2O5. The Labute approximate surface area is 144 Å². The number of nitrogens with zero attached hydrogens (tertiary/aromatic N) is 1. The van der Waals surface area contributed by atoms with Crippen LogP contribution >= 0.6 is 0 Å². The molecule has 0 atom stereocenters. The minimum Gasteiger partial charge on any atom is -0.462 e. The van der Waals surface area contributed by atoms with Crippen LogP contribution in [0, 0.1) is 10.1 Å². The quantitative estimate of drug-likeness (QED) is 0.376. The number of nitro benzene ring substituents is 1. The van der Waals surface area contributed by atoms with Gasteiger partial charge in [-0.25, -0.2) is 4.79 Å². The molecule has 2 aromatic rings. The normalized spacial score (nSPS) is 10.4. The van der Waals surface area contributed by atoms with Gasteiger partial charge in [-0.05, 0) is 42.8 Å². The van der Waals surface area contributed by atoms with E-state index < -0.39 is 16.8 Å². The van der Waals surface area contributed by atoms with Gasteiger partial charge in [-0.1, -0.05) is 12.1 Å². The van der Waals surface area contributed by atoms with Crippen molar-refractivity contribution in [3.05, 3.63) is 75.8 Å². The van der Waals surface area contributed by atoms with Gasteiger partial charge in [0.25, 0.3) is 5.69 Å². The highest BCUT2D eigenvalue weighted by molar-refractivity contribution is 6.06. The molecule has 7 nitrogen and oxygen atoms in total. The van der Waals surface area contributed by atoms with Crippen LogP contribution in [0.15, 0.2) is 54.6 Å². The van der Waals surface area contributed by atoms with Crippen molar-refractivity contribution < 1.29 is 19.2 Å². The fraction of sp³-hybridized carbons (Fsp3) is 0.111. The topological polar surface area (TPSA) is 98.5 Å². The maximum absolute atomic E-state index is 12.0. The zero-order valence-corrected chi connectivity index (χ0v) is 13.5. The number of nitrogens with one attached hydrogen (secondary N) is 1. The van der Waals surface area contributed by atoms with E-state index in [2.05, 4.69) is 5.32 Å². The number of anilines is 1. The van der Waals surface area contributed by atoms with Gasteiger partial charge in [0.05, 0.1) is 22.8 Å². The fourth-order valence-electron chi connectivity index (χ4n) is 2.03. The van der Waals surface area contributed by atoms with E-state index in [1.54, 1.807) is 31.2 Å². The van der Waals surface area contributed by atoms with Crippen molar-refractivity contribution in [3.8, 4) is 0 Å². The van der Waals surface area contributed by atoms with Crippen molar-refractivity contribution >= 4 is 29.3 Å². The molecule has 0 bridgehead atoms. The number of nitro groups is 1. The van der Waals surface area contributed by atoms with E-state index in [0.29, 0.717) is 11.3 Å². The molecule has 1 amide bonds. The number of para-hydroxylation sites is 1. The second kappa shape index (κ2) is 8.39. The van der Waals surface area contributed by atoms with Crippen molar-refractivity contribution in [3.63, 3.8) is 0 Å². The molecule has 1 N–H and O–H groups in total. The number of benzene rings is 2. The molecule has 0 spiro atoms. The molecule has 0 saturated carbocycles. The van der Waals surface area contributed by atoms with Crippen LogP contribution in [0.25, 0.3) is 6.08 Å². The molecule has 0 aliphatic carbocycles. The summed E-state index contributed by atoms with van der Waals surface area (Å²) in [5, 5.41) is 13.2. The van der Waals surface area contributed by atoms with Gasteiger partial charge in [-0.15, -0.1) is 0 Å². The zero-order chi connectivity index (χ0) is 18.2. The third-order valence-electron chi connectivity index (χ3n) is 3.21. The first-order valence-corrected chi connectivity index (χ1v) is 7.51. The van der Waals surface area contributed by atoms with Crippen LogP contribution in [0.5, 0.6) is 0 Å². The van der Waals surface area contributed by atoms with E-state index in [1.807, 2.05) is 0 Å². The van der Waals surface area contributed by atoms with Crippen LogP contribution in [-0.2, 0) is 9.53 Å². The highest BCUT2D eigenvalue weighted by Gasteiger charge is 2.12. The predicted octanol–water partition coefficient (Wildman–Crippen LogP) is 3.42. The van der Waals surface area contributed by atoms with E-state index in [1.165, 1.54) is 36.4 Å². The summed E-state index contributed by atoms with van der Waals surface area (Å²) in [4.78, 5) is 34.0. The Morgan fingerprint density at radius 2 is 1.84 bits per heavy atom. The van der Waals surface area contributed by atoms with Crippen molar-refractivity contribution in [2.75, 3.05) is 11.9 Å². The molecule has 0 fully saturated rings. The van der Waals surface area contributed by atoms with Gasteiger partial charge in [0.2, 0.25) is 5.91 Å². The highest BCUT2D eigenvalue weighted by Crippen LogP contribution is 2.17. The zero-order valence-electron chi connectivity index (χ0n) is 13.5. The molecule has 128 valence electrons. The van der Waals surface area contributed by atoms with Crippen molar-refractivity contribution in [1.29, 1.82) is 0 Å². The Bertz CT molecular complexity index is 812. The minimum atomic E-state index is -0.516. The summed E-state index contributed by atoms with van der Waals surface area (Å²) in [5.74, 6) is -0.951. The number of amides is 1. The van der Waals surface area contributed by atoms with Gasteiger partial charge in [-0.2, -0.15) is 0 Å². The van der Waals surface area contributed by atoms with Crippen LogP contribution in [0.2, 0.25) is 0 Å². The molecule has 2 aromatic carbocycles. The second-order valence-corrected chi connectivity index (χ2v) is 4.94. The lowest BCUT2D eigenvalue weighted by Crippen LogP contribution is -2.13. The Morgan fingerprint density at radius 3 is 2.48 bits per heavy atom. The summed E-state index contributed by atoms with van der Waals surface area (Å²) in [6.07, 6.45) is 2.80. The van der Waals surface area contributed by atoms with Gasteiger partial charge in [0.15, 0.2) is 0 Å². The van der Waals surface area contributed by atoms with Gasteiger partial charge in [0.1, 0.15) is 0 Å². The summed E-state index contributed by atoms with van der Waals surface area (Å²) in [6.45, 7) is 1.94. The molecule has 0 aliphatic rings. The Hall–Kier alpha value is -3.48. The largest absolute Gasteiger partial charge is 0.462 e. The van der Waals surface area contributed by atoms with E-state index in [-0.39, 0.29) is 17.9 Å². The van der Waals surface area contributed by atoms with Crippen LogP contribution < -0.4 is 5.32 Å². The lowest BCUT2D eigenvalue weighted by molar-refractivity contribution is -0.384. The molecule has 2 rings (SSSR count). The number of esters is 1. The fourth-order valence-corrected chi connectivity index (χ4v) is 2.03. The third-order valence-corrected chi connectivity index (χ3v) is 3.21. The SMILES string of the molecule is CCOC(=O)c1ccccc1NC(=O)C=Cc1ccc([N+](=O)[O-])cc1. The monoisotopic (exact) mass is 340 g/mol. The van der Waals surface area contributed by atoms with E-state index in [4.69, 9.17) is 4.74 Å². The maximum atomic E-state index is 12.0. The number of rotatable bonds is 6. The molecule has 0 heterocycles. The number of non-ortho nitro benzene ring substituents is 1. The second-order valence-electron chi connectivity index (χ2n) is 4.94. The first-order valence-electron chi connectivity index (χ1n) is 7.51. The average Bonchev–Trinajstić information content (AvgIpc) is 2.61. The minimum absolute atomic E-state index is 0.0232.